The van der Waals surface area contributed by atoms with E-state index in [1.54, 1.807) is 11.7 Å². The number of fused-ring (bicyclic) bond motifs is 1. The second-order valence-corrected chi connectivity index (χ2v) is 7.26. The van der Waals surface area contributed by atoms with Gasteiger partial charge in [-0.3, -0.25) is 24.9 Å². The Morgan fingerprint density at radius 3 is 2.89 bits per heavy atom. The SMILES string of the molecule is O=C(CCCCN(Cc1ncccc1Cl)[C@H]1CCCc2cccnc21)NO. The fourth-order valence-corrected chi connectivity index (χ4v) is 3.85. The Kier molecular flexibility index (Phi) is 7.15. The first-order chi connectivity index (χ1) is 13.2. The zero-order valence-electron chi connectivity index (χ0n) is 15.3. The maximum Gasteiger partial charge on any atom is 0.243 e. The number of hydroxylamine groups is 1. The van der Waals surface area contributed by atoms with Crippen LogP contribution in [-0.2, 0) is 17.8 Å². The van der Waals surface area contributed by atoms with Gasteiger partial charge >= 0.3 is 0 Å². The summed E-state index contributed by atoms with van der Waals surface area (Å²) in [6.45, 7) is 1.46. The Morgan fingerprint density at radius 1 is 1.26 bits per heavy atom. The molecule has 2 heterocycles. The van der Waals surface area contributed by atoms with Crippen LogP contribution < -0.4 is 5.48 Å². The molecule has 7 heteroatoms. The third kappa shape index (κ3) is 5.25. The zero-order chi connectivity index (χ0) is 19.1. The van der Waals surface area contributed by atoms with Gasteiger partial charge in [0.2, 0.25) is 5.91 Å². The first-order valence-corrected chi connectivity index (χ1v) is 9.77. The number of carbonyl (C=O) groups is 1. The van der Waals surface area contributed by atoms with E-state index in [0.717, 1.165) is 43.6 Å². The molecule has 0 unspecified atom stereocenters. The van der Waals surface area contributed by atoms with Crippen LogP contribution in [0.5, 0.6) is 0 Å². The Balaban J connectivity index is 1.75. The summed E-state index contributed by atoms with van der Waals surface area (Å²) in [6.07, 6.45) is 8.72. The fourth-order valence-electron chi connectivity index (χ4n) is 3.67. The molecule has 0 radical (unpaired) electrons. The van der Waals surface area contributed by atoms with E-state index in [-0.39, 0.29) is 11.9 Å². The van der Waals surface area contributed by atoms with Gasteiger partial charge in [0.1, 0.15) is 0 Å². The molecule has 6 nitrogen and oxygen atoms in total. The average molecular weight is 389 g/mol. The van der Waals surface area contributed by atoms with E-state index in [2.05, 4.69) is 20.9 Å². The molecule has 27 heavy (non-hydrogen) atoms. The van der Waals surface area contributed by atoms with Crippen molar-refractivity contribution in [2.24, 2.45) is 0 Å². The van der Waals surface area contributed by atoms with E-state index >= 15 is 0 Å². The lowest BCUT2D eigenvalue weighted by Gasteiger charge is -2.35. The molecule has 0 saturated carbocycles. The van der Waals surface area contributed by atoms with Crippen molar-refractivity contribution < 1.29 is 10.0 Å². The number of aromatic nitrogens is 2. The number of pyridine rings is 2. The largest absolute Gasteiger partial charge is 0.289 e. The van der Waals surface area contributed by atoms with E-state index in [1.807, 2.05) is 24.4 Å². The highest BCUT2D eigenvalue weighted by molar-refractivity contribution is 6.31. The summed E-state index contributed by atoms with van der Waals surface area (Å²) in [4.78, 5) is 22.7. The van der Waals surface area contributed by atoms with Crippen molar-refractivity contribution >= 4 is 17.5 Å². The lowest BCUT2D eigenvalue weighted by Crippen LogP contribution is -2.33. The van der Waals surface area contributed by atoms with Crippen molar-refractivity contribution in [2.45, 2.75) is 51.1 Å². The molecular formula is C20H25ClN4O2. The van der Waals surface area contributed by atoms with Gasteiger partial charge in [0.25, 0.3) is 0 Å². The van der Waals surface area contributed by atoms with Gasteiger partial charge in [-0.2, -0.15) is 0 Å². The van der Waals surface area contributed by atoms with E-state index in [0.29, 0.717) is 24.4 Å². The van der Waals surface area contributed by atoms with Crippen LogP contribution >= 0.6 is 11.6 Å². The summed E-state index contributed by atoms with van der Waals surface area (Å²) in [7, 11) is 0. The van der Waals surface area contributed by atoms with Crippen molar-refractivity contribution in [1.82, 2.24) is 20.3 Å². The molecular weight excluding hydrogens is 364 g/mol. The van der Waals surface area contributed by atoms with Crippen molar-refractivity contribution in [1.29, 1.82) is 0 Å². The van der Waals surface area contributed by atoms with Crippen molar-refractivity contribution in [3.8, 4) is 0 Å². The van der Waals surface area contributed by atoms with Crippen LogP contribution in [0.2, 0.25) is 5.02 Å². The van der Waals surface area contributed by atoms with Crippen molar-refractivity contribution in [2.75, 3.05) is 6.54 Å². The minimum Gasteiger partial charge on any atom is -0.289 e. The van der Waals surface area contributed by atoms with Crippen molar-refractivity contribution in [3.05, 3.63) is 58.6 Å². The van der Waals surface area contributed by atoms with Crippen LogP contribution in [0, 0.1) is 0 Å². The first kappa shape index (κ1) is 19.7. The molecule has 1 amide bonds. The number of nitrogens with zero attached hydrogens (tertiary/aromatic N) is 3. The van der Waals surface area contributed by atoms with Crippen LogP contribution in [0.25, 0.3) is 0 Å². The molecule has 2 aromatic heterocycles. The van der Waals surface area contributed by atoms with Gasteiger partial charge < -0.3 is 0 Å². The molecule has 2 N–H and O–H groups in total. The molecule has 3 rings (SSSR count). The van der Waals surface area contributed by atoms with Crippen LogP contribution in [0.1, 0.15) is 55.1 Å². The van der Waals surface area contributed by atoms with E-state index in [4.69, 9.17) is 16.8 Å². The van der Waals surface area contributed by atoms with Gasteiger partial charge in [0, 0.05) is 25.4 Å². The molecule has 1 aliphatic carbocycles. The number of aryl methyl sites for hydroxylation is 1. The molecule has 2 aromatic rings. The highest BCUT2D eigenvalue weighted by atomic mass is 35.5. The number of hydrogen-bond donors (Lipinski definition) is 2. The summed E-state index contributed by atoms with van der Waals surface area (Å²) >= 11 is 6.34. The molecule has 0 bridgehead atoms. The maximum absolute atomic E-state index is 11.2. The van der Waals surface area contributed by atoms with Gasteiger partial charge in [0.15, 0.2) is 0 Å². The first-order valence-electron chi connectivity index (χ1n) is 9.39. The van der Waals surface area contributed by atoms with Gasteiger partial charge in [0.05, 0.1) is 22.5 Å². The van der Waals surface area contributed by atoms with Gasteiger partial charge in [-0.1, -0.05) is 17.7 Å². The van der Waals surface area contributed by atoms with E-state index in [1.165, 1.54) is 5.56 Å². The smallest absolute Gasteiger partial charge is 0.243 e. The summed E-state index contributed by atoms with van der Waals surface area (Å²) < 4.78 is 0. The lowest BCUT2D eigenvalue weighted by atomic mass is 9.90. The quantitative estimate of drug-likeness (QED) is 0.409. The second kappa shape index (κ2) is 9.78. The lowest BCUT2D eigenvalue weighted by molar-refractivity contribution is -0.129. The Bertz CT molecular complexity index is 771. The molecule has 144 valence electrons. The van der Waals surface area contributed by atoms with Gasteiger partial charge in [-0.05, 0) is 62.4 Å². The predicted molar refractivity (Wildman–Crippen MR) is 103 cm³/mol. The standard InChI is InChI=1S/C20H25ClN4O2/c21-16-8-5-11-22-17(16)14-25(13-2-1-10-19(26)24-27)18-9-3-6-15-7-4-12-23-20(15)18/h4-5,7-8,11-12,18,27H,1-3,6,9-10,13-14H2,(H,24,26)/t18-/m0/s1. The van der Waals surface area contributed by atoms with E-state index in [9.17, 15) is 4.79 Å². The molecule has 0 saturated heterocycles. The topological polar surface area (TPSA) is 78.4 Å². The maximum atomic E-state index is 11.2. The molecule has 0 spiro atoms. The monoisotopic (exact) mass is 388 g/mol. The van der Waals surface area contributed by atoms with E-state index < -0.39 is 0 Å². The molecule has 0 aromatic carbocycles. The normalized spacial score (nSPS) is 16.2. The summed E-state index contributed by atoms with van der Waals surface area (Å²) in [5, 5.41) is 9.31. The number of nitrogens with one attached hydrogen (secondary N) is 1. The molecule has 1 aliphatic rings. The Morgan fingerprint density at radius 2 is 2.07 bits per heavy atom. The number of halogens is 1. The third-order valence-electron chi connectivity index (χ3n) is 5.02. The van der Waals surface area contributed by atoms with Crippen molar-refractivity contribution in [3.63, 3.8) is 0 Å². The molecule has 1 atom stereocenters. The summed E-state index contributed by atoms with van der Waals surface area (Å²) in [5.41, 5.74) is 5.00. The number of unbranched alkanes of at least 4 members (excludes halogenated alkanes) is 1. The van der Waals surface area contributed by atoms with Crippen LogP contribution in [0.4, 0.5) is 0 Å². The predicted octanol–water partition coefficient (Wildman–Crippen LogP) is 3.69. The number of rotatable bonds is 8. The highest BCUT2D eigenvalue weighted by Gasteiger charge is 2.27. The fraction of sp³-hybridized carbons (Fsp3) is 0.450. The minimum absolute atomic E-state index is 0.222. The summed E-state index contributed by atoms with van der Waals surface area (Å²) in [6, 6.07) is 8.07. The van der Waals surface area contributed by atoms with Crippen LogP contribution in [0.3, 0.4) is 0 Å². The highest BCUT2D eigenvalue weighted by Crippen LogP contribution is 2.34. The minimum atomic E-state index is -0.348. The number of hydrogen-bond acceptors (Lipinski definition) is 5. The third-order valence-corrected chi connectivity index (χ3v) is 5.36. The number of carbonyl (C=O) groups excluding carboxylic acids is 1. The molecule has 0 fully saturated rings. The average Bonchev–Trinajstić information content (AvgIpc) is 2.71. The second-order valence-electron chi connectivity index (χ2n) is 6.85. The summed E-state index contributed by atoms with van der Waals surface area (Å²) in [5.74, 6) is -0.348. The zero-order valence-corrected chi connectivity index (χ0v) is 16.0. The van der Waals surface area contributed by atoms with Gasteiger partial charge in [-0.25, -0.2) is 5.48 Å². The van der Waals surface area contributed by atoms with Gasteiger partial charge in [-0.15, -0.1) is 0 Å². The Hall–Kier alpha value is -2.02. The van der Waals surface area contributed by atoms with Crippen LogP contribution in [0.15, 0.2) is 36.7 Å². The Labute approximate surface area is 164 Å². The number of amides is 1. The molecule has 0 aliphatic heterocycles. The van der Waals surface area contributed by atoms with Crippen LogP contribution in [-0.4, -0.2) is 32.5 Å².